The van der Waals surface area contributed by atoms with E-state index >= 15 is 0 Å². The number of Topliss-reactive ketones (excluding diaryl/α,β-unsaturated/α-hetero) is 2. The number of allylic oxidation sites excluding steroid dienone is 1. The van der Waals surface area contributed by atoms with Gasteiger partial charge < -0.3 is 40.5 Å². The topological polar surface area (TPSA) is 229 Å². The van der Waals surface area contributed by atoms with Crippen molar-refractivity contribution in [3.63, 3.8) is 0 Å². The molecule has 16 nitrogen and oxygen atoms in total. The van der Waals surface area contributed by atoms with Crippen LogP contribution in [0.15, 0.2) is 133 Å². The van der Waals surface area contributed by atoms with Gasteiger partial charge in [-0.2, -0.15) is 0 Å². The number of esters is 1. The van der Waals surface area contributed by atoms with Gasteiger partial charge in [-0.05, 0) is 118 Å². The van der Waals surface area contributed by atoms with Crippen molar-refractivity contribution in [3.05, 3.63) is 178 Å². The van der Waals surface area contributed by atoms with Gasteiger partial charge in [0.05, 0.1) is 40.3 Å². The predicted octanol–water partition coefficient (Wildman–Crippen LogP) is 21.3. The lowest BCUT2D eigenvalue weighted by molar-refractivity contribution is -0.134. The molecule has 520 valence electrons. The summed E-state index contributed by atoms with van der Waals surface area (Å²) in [5.41, 5.74) is 33.6. The van der Waals surface area contributed by atoms with Crippen LogP contribution in [0.25, 0.3) is 60.3 Å². The number of nitrogens with two attached hydrogens (primary N) is 3. The molecule has 0 spiro atoms. The first-order valence-corrected chi connectivity index (χ1v) is 34.5. The van der Waals surface area contributed by atoms with Crippen molar-refractivity contribution in [2.75, 3.05) is 42.1 Å². The zero-order valence-corrected chi connectivity index (χ0v) is 58.7. The van der Waals surface area contributed by atoms with Gasteiger partial charge in [-0.25, -0.2) is 29.6 Å². The van der Waals surface area contributed by atoms with E-state index in [1.807, 2.05) is 62.4 Å². The van der Waals surface area contributed by atoms with Crippen LogP contribution in [-0.4, -0.2) is 84.8 Å². The van der Waals surface area contributed by atoms with Gasteiger partial charge in [0.15, 0.2) is 14.1 Å². The van der Waals surface area contributed by atoms with Crippen molar-refractivity contribution in [1.29, 1.82) is 0 Å². The fourth-order valence-corrected chi connectivity index (χ4v) is 10.8. The smallest absolute Gasteiger partial charge is 0.330 e. The highest BCUT2D eigenvalue weighted by atomic mass is 79.9. The number of H-pyrrole nitrogens is 1. The molecule has 7 N–H and O–H groups in total. The molecule has 0 bridgehead atoms. The van der Waals surface area contributed by atoms with E-state index in [4.69, 9.17) is 39.8 Å². The van der Waals surface area contributed by atoms with Gasteiger partial charge in [-0.1, -0.05) is 220 Å². The number of hydrogen-bond acceptors (Lipinski definition) is 12. The SMILES string of the molecule is C.C.C.C.C.C.C/C=C/C(=O)OC.CC(=O)CCl.CCCCn1c(C)c(-c2ccc(C)cc2)c2c(N)ncnc21.Cc1ccc(-c2c(Br)n(CCCO[Si](C)(C)C(C)(C)C)c3ncnc(N)c23)cc1.Cc1ccc(C(=O)CBr)cc1.[C-]#[N+]c1c(-c2ccc(C)cc2)c[nH]c1N. The summed E-state index contributed by atoms with van der Waals surface area (Å²) in [5.74, 6) is 1.47. The number of halogens is 3. The molecule has 20 heteroatoms. The number of nitrogen functional groups attached to an aromatic ring is 3. The molecule has 5 aromatic heterocycles. The molecule has 0 atom stereocenters. The maximum absolute atomic E-state index is 11.1. The minimum atomic E-state index is -1.74. The van der Waals surface area contributed by atoms with E-state index in [-0.39, 0.29) is 73.0 Å². The van der Waals surface area contributed by atoms with Crippen molar-refractivity contribution in [1.82, 2.24) is 34.1 Å². The Bertz CT molecular complexity index is 3830. The number of unbranched alkanes of at least 4 members (excludes halogenated alkanes) is 1. The van der Waals surface area contributed by atoms with Crippen LogP contribution in [0.2, 0.25) is 18.1 Å². The third-order valence-electron chi connectivity index (χ3n) is 14.7. The summed E-state index contributed by atoms with van der Waals surface area (Å²) in [6, 6.07) is 32.6. The number of anilines is 3. The van der Waals surface area contributed by atoms with E-state index < -0.39 is 8.32 Å². The van der Waals surface area contributed by atoms with Crippen LogP contribution in [0.4, 0.5) is 23.1 Å². The molecular weight excluding hydrogens is 1360 g/mol. The van der Waals surface area contributed by atoms with Crippen LogP contribution in [0, 0.1) is 41.2 Å². The molecule has 0 aliphatic heterocycles. The number of ketones is 2. The summed E-state index contributed by atoms with van der Waals surface area (Å²) in [4.78, 5) is 54.6. The lowest BCUT2D eigenvalue weighted by Gasteiger charge is -2.36. The second-order valence-electron chi connectivity index (χ2n) is 22.6. The highest BCUT2D eigenvalue weighted by molar-refractivity contribution is 9.10. The number of alkyl halides is 2. The van der Waals surface area contributed by atoms with E-state index in [0.29, 0.717) is 28.5 Å². The van der Waals surface area contributed by atoms with Crippen molar-refractivity contribution < 1.29 is 23.5 Å². The summed E-state index contributed by atoms with van der Waals surface area (Å²) < 4.78 is 16.0. The highest BCUT2D eigenvalue weighted by Gasteiger charge is 2.37. The number of aromatic amines is 1. The monoisotopic (exact) mass is 1470 g/mol. The second kappa shape index (κ2) is 44.1. The van der Waals surface area contributed by atoms with Gasteiger partial charge in [0.2, 0.25) is 5.69 Å². The van der Waals surface area contributed by atoms with Crippen LogP contribution in [0.3, 0.4) is 0 Å². The van der Waals surface area contributed by atoms with Gasteiger partial charge in [0, 0.05) is 53.7 Å². The molecule has 0 amide bonds. The Morgan fingerprint density at radius 1 is 0.695 bits per heavy atom. The number of ether oxygens (including phenoxy) is 1. The Kier molecular flexibility index (Phi) is 42.4. The van der Waals surface area contributed by atoms with E-state index in [2.05, 4.69) is 186 Å². The summed E-state index contributed by atoms with van der Waals surface area (Å²) >= 11 is 11.9. The molecule has 0 aliphatic carbocycles. The zero-order valence-electron chi connectivity index (χ0n) is 53.8. The molecule has 4 aromatic carbocycles. The number of aromatic nitrogens is 7. The summed E-state index contributed by atoms with van der Waals surface area (Å²) in [6.45, 7) is 36.7. The molecule has 0 radical (unpaired) electrons. The molecule has 0 saturated carbocycles. The van der Waals surface area contributed by atoms with Crippen LogP contribution in [0.1, 0.15) is 144 Å². The number of benzene rings is 4. The number of fused-ring (bicyclic) bond motifs is 2. The fraction of sp³-hybridized carbons (Fsp3) is 0.387. The maximum atomic E-state index is 11.1. The number of aryl methyl sites for hydroxylation is 6. The Morgan fingerprint density at radius 3 is 1.52 bits per heavy atom. The Labute approximate surface area is 592 Å². The van der Waals surface area contributed by atoms with E-state index in [9.17, 15) is 14.4 Å². The zero-order chi connectivity index (χ0) is 66.2. The number of nitrogens with zero attached hydrogens (tertiary/aromatic N) is 7. The van der Waals surface area contributed by atoms with Gasteiger partial charge in [0.1, 0.15) is 47.2 Å². The third kappa shape index (κ3) is 26.1. The standard InChI is InChI=1S/C22H31BrN4OSi.C18H22N4.C12H11N3.C9H9BrO.C5H8O2.C3H5ClO.6CH4/c1-15-8-10-16(11-9-15)17-18-20(24)25-14-26-21(18)27(19(17)23)12-7-13-28-29(5,6)22(2,3)4;1-4-5-10-22-13(3)15(14-8-6-12(2)7-9-14)16-17(19)20-11-21-18(16)22;1-8-3-5-9(6-4-8)10-7-15-12(13)11(10)14-2;1-7-2-4-8(5-3-7)9(11)6-10;1-3-4-5(6)7-2;1-3(5)2-4;;;;;;/h8-11,14H,7,12-13H2,1-6H3,(H2,24,25,26);6-9,11H,4-5,10H2,1-3H3,(H2,19,20,21);3-7,15H,13H2,1H3;2-5H,6H2,1H3;3-4H,1-2H3;2H2,1H3;6*1H4/b;;;;4-3+;;;;;;;. The van der Waals surface area contributed by atoms with Crippen molar-refractivity contribution in [2.45, 2.75) is 171 Å². The maximum Gasteiger partial charge on any atom is 0.330 e. The number of methoxy groups -OCH3 is 1. The van der Waals surface area contributed by atoms with Crippen molar-refractivity contribution in [3.8, 4) is 33.4 Å². The number of carbonyl (C=O) groups is 3. The average molecular weight is 1470 g/mol. The minimum absolute atomic E-state index is 0. The largest absolute Gasteiger partial charge is 0.466 e. The molecular formula is C75H110Br2ClN11O5Si. The molecule has 0 unspecified atom stereocenters. The Hall–Kier alpha value is -7.73. The average Bonchev–Trinajstić information content (AvgIpc) is 1.62. The summed E-state index contributed by atoms with van der Waals surface area (Å²) in [7, 11) is -0.389. The number of hydrogen-bond donors (Lipinski definition) is 4. The van der Waals surface area contributed by atoms with Crippen molar-refractivity contribution in [2.24, 2.45) is 0 Å². The molecule has 0 fully saturated rings. The number of nitrogens with one attached hydrogen (secondary N) is 1. The van der Waals surface area contributed by atoms with Gasteiger partial charge in [0.25, 0.3) is 0 Å². The predicted molar refractivity (Wildman–Crippen MR) is 419 cm³/mol. The highest BCUT2D eigenvalue weighted by Crippen LogP contribution is 2.41. The van der Waals surface area contributed by atoms with Gasteiger partial charge in [-0.3, -0.25) is 9.59 Å². The van der Waals surface area contributed by atoms with Crippen LogP contribution in [-0.2, 0) is 31.8 Å². The third-order valence-corrected chi connectivity index (χ3v) is 20.9. The quantitative estimate of drug-likeness (QED) is 0.0143. The molecule has 5 heterocycles. The van der Waals surface area contributed by atoms with E-state index in [1.165, 1.54) is 59.9 Å². The lowest BCUT2D eigenvalue weighted by Crippen LogP contribution is -2.41. The van der Waals surface area contributed by atoms with E-state index in [1.54, 1.807) is 25.5 Å². The lowest BCUT2D eigenvalue weighted by atomic mass is 10.0. The van der Waals surface area contributed by atoms with Crippen LogP contribution >= 0.6 is 43.5 Å². The van der Waals surface area contributed by atoms with Crippen molar-refractivity contribution >= 4 is 115 Å². The van der Waals surface area contributed by atoms with E-state index in [0.717, 1.165) is 99.0 Å². The summed E-state index contributed by atoms with van der Waals surface area (Å²) in [5, 5.41) is 2.48. The number of rotatable bonds is 15. The molecule has 0 aliphatic rings. The fourth-order valence-electron chi connectivity index (χ4n) is 8.62. The Morgan fingerprint density at radius 2 is 1.12 bits per heavy atom. The molecule has 9 rings (SSSR count). The minimum Gasteiger partial charge on any atom is -0.466 e. The normalized spacial score (nSPS) is 10.2. The van der Waals surface area contributed by atoms with Gasteiger partial charge >= 0.3 is 5.97 Å². The second-order valence-corrected chi connectivity index (χ2v) is 29.0. The number of carbonyl (C=O) groups excluding carboxylic acids is 3. The first-order chi connectivity index (χ1) is 42.2. The first-order valence-electron chi connectivity index (χ1n) is 29.2. The van der Waals surface area contributed by atoms with Crippen LogP contribution < -0.4 is 17.2 Å². The molecule has 9 aromatic rings. The molecule has 95 heavy (non-hydrogen) atoms. The Balaban J connectivity index is -0.00000114. The summed E-state index contributed by atoms with van der Waals surface area (Å²) in [6.07, 6.45) is 11.0. The first kappa shape index (κ1) is 91.5. The molecule has 0 saturated heterocycles. The van der Waals surface area contributed by atoms with Crippen LogP contribution in [0.5, 0.6) is 0 Å². The van der Waals surface area contributed by atoms with Gasteiger partial charge in [-0.15, -0.1) is 11.6 Å².